The number of anilines is 1. The zero-order valence-electron chi connectivity index (χ0n) is 13.1. The quantitative estimate of drug-likeness (QED) is 0.303. The lowest BCUT2D eigenvalue weighted by molar-refractivity contribution is -0.136. The number of amides is 1. The van der Waals surface area contributed by atoms with Gasteiger partial charge in [-0.3, -0.25) is 15.0 Å². The fourth-order valence-electron chi connectivity index (χ4n) is 2.43. The van der Waals surface area contributed by atoms with E-state index in [0.717, 1.165) is 11.3 Å². The number of fused-ring (bicyclic) bond motifs is 1. The molecule has 0 saturated carbocycles. The third-order valence-corrected chi connectivity index (χ3v) is 3.50. The van der Waals surface area contributed by atoms with Gasteiger partial charge >= 0.3 is 5.97 Å². The van der Waals surface area contributed by atoms with Crippen LogP contribution in [0.5, 0.6) is 5.75 Å². The summed E-state index contributed by atoms with van der Waals surface area (Å²) in [5, 5.41) is 24.2. The van der Waals surface area contributed by atoms with E-state index >= 15 is 0 Å². The largest absolute Gasteiger partial charge is 0.493 e. The summed E-state index contributed by atoms with van der Waals surface area (Å²) >= 11 is 0. The van der Waals surface area contributed by atoms with Crippen LogP contribution in [0.15, 0.2) is 18.2 Å². The van der Waals surface area contributed by atoms with E-state index in [2.05, 4.69) is 16.0 Å². The lowest BCUT2D eigenvalue weighted by atomic mass is 10.00. The van der Waals surface area contributed by atoms with Gasteiger partial charge in [0, 0.05) is 30.3 Å². The number of carboxylic acids is 1. The zero-order chi connectivity index (χ0) is 17.5. The van der Waals surface area contributed by atoms with Crippen molar-refractivity contribution < 1.29 is 19.4 Å². The highest BCUT2D eigenvalue weighted by Gasteiger charge is 2.22. The van der Waals surface area contributed by atoms with Crippen molar-refractivity contribution in [3.63, 3.8) is 0 Å². The van der Waals surface area contributed by atoms with Gasteiger partial charge in [0.1, 0.15) is 5.75 Å². The number of carbonyl (C=O) groups is 2. The van der Waals surface area contributed by atoms with Crippen LogP contribution in [0, 0.1) is 5.41 Å². The normalized spacial score (nSPS) is 15.8. The number of benzene rings is 1. The van der Waals surface area contributed by atoms with E-state index in [-0.39, 0.29) is 37.4 Å². The van der Waals surface area contributed by atoms with Crippen LogP contribution in [-0.2, 0) is 9.59 Å². The third kappa shape index (κ3) is 5.13. The first-order valence-corrected chi connectivity index (χ1v) is 7.55. The average molecular weight is 335 g/mol. The van der Waals surface area contributed by atoms with Gasteiger partial charge in [-0.25, -0.2) is 0 Å². The number of hydrogen-bond acceptors (Lipinski definition) is 5. The molecule has 9 heteroatoms. The summed E-state index contributed by atoms with van der Waals surface area (Å²) in [4.78, 5) is 22.2. The molecule has 0 radical (unpaired) electrons. The van der Waals surface area contributed by atoms with E-state index in [4.69, 9.17) is 21.0 Å². The fraction of sp³-hybridized carbons (Fsp3) is 0.400. The van der Waals surface area contributed by atoms with Gasteiger partial charge < -0.3 is 31.5 Å². The van der Waals surface area contributed by atoms with Crippen molar-refractivity contribution in [2.75, 3.05) is 25.0 Å². The molecule has 1 amide bonds. The van der Waals surface area contributed by atoms with E-state index in [1.165, 1.54) is 0 Å². The summed E-state index contributed by atoms with van der Waals surface area (Å²) < 4.78 is 5.59. The SMILES string of the molecule is N=C(N)Nc1ccc2c(c1)C(NCC(=O)NCCC(=O)O)CCO2. The number of rotatable bonds is 7. The number of guanidine groups is 1. The second-order valence-corrected chi connectivity index (χ2v) is 5.36. The molecule has 0 aromatic heterocycles. The highest BCUT2D eigenvalue weighted by atomic mass is 16.5. The van der Waals surface area contributed by atoms with Crippen molar-refractivity contribution in [3.8, 4) is 5.75 Å². The smallest absolute Gasteiger partial charge is 0.305 e. The fourth-order valence-corrected chi connectivity index (χ4v) is 2.43. The zero-order valence-corrected chi connectivity index (χ0v) is 13.1. The first kappa shape index (κ1) is 17.5. The van der Waals surface area contributed by atoms with E-state index in [1.807, 2.05) is 6.07 Å². The van der Waals surface area contributed by atoms with Crippen molar-refractivity contribution in [3.05, 3.63) is 23.8 Å². The number of hydrogen-bond donors (Lipinski definition) is 6. The molecule has 1 unspecified atom stereocenters. The Morgan fingerprint density at radius 3 is 2.92 bits per heavy atom. The van der Waals surface area contributed by atoms with Crippen LogP contribution in [0.1, 0.15) is 24.4 Å². The molecule has 0 aliphatic carbocycles. The van der Waals surface area contributed by atoms with E-state index in [9.17, 15) is 9.59 Å². The van der Waals surface area contributed by atoms with Crippen LogP contribution in [-0.4, -0.2) is 42.6 Å². The van der Waals surface area contributed by atoms with Crippen molar-refractivity contribution in [2.24, 2.45) is 5.73 Å². The van der Waals surface area contributed by atoms with Gasteiger partial charge in [-0.1, -0.05) is 0 Å². The Bertz CT molecular complexity index is 634. The maximum atomic E-state index is 11.7. The first-order valence-electron chi connectivity index (χ1n) is 7.55. The molecule has 1 aliphatic heterocycles. The van der Waals surface area contributed by atoms with Gasteiger partial charge in [0.05, 0.1) is 19.6 Å². The number of nitrogens with one attached hydrogen (secondary N) is 4. The number of nitrogens with two attached hydrogens (primary N) is 1. The van der Waals surface area contributed by atoms with Crippen LogP contribution in [0.25, 0.3) is 0 Å². The summed E-state index contributed by atoms with van der Waals surface area (Å²) in [5.41, 5.74) is 6.88. The molecular weight excluding hydrogens is 314 g/mol. The maximum Gasteiger partial charge on any atom is 0.305 e. The number of aliphatic carboxylic acids is 1. The van der Waals surface area contributed by atoms with E-state index in [1.54, 1.807) is 12.1 Å². The maximum absolute atomic E-state index is 11.7. The van der Waals surface area contributed by atoms with Crippen molar-refractivity contribution in [1.29, 1.82) is 5.41 Å². The summed E-state index contributed by atoms with van der Waals surface area (Å²) in [6.07, 6.45) is 0.588. The van der Waals surface area contributed by atoms with Crippen molar-refractivity contribution in [1.82, 2.24) is 10.6 Å². The summed E-state index contributed by atoms with van der Waals surface area (Å²) in [7, 11) is 0. The number of ether oxygens (including phenoxy) is 1. The average Bonchev–Trinajstić information content (AvgIpc) is 2.52. The topological polar surface area (TPSA) is 150 Å². The molecule has 1 atom stereocenters. The Morgan fingerprint density at radius 2 is 2.21 bits per heavy atom. The lowest BCUT2D eigenvalue weighted by Crippen LogP contribution is -2.38. The third-order valence-electron chi connectivity index (χ3n) is 3.50. The molecule has 9 nitrogen and oxygen atoms in total. The monoisotopic (exact) mass is 335 g/mol. The number of carboxylic acid groups (broad SMARTS) is 1. The molecule has 0 saturated heterocycles. The van der Waals surface area contributed by atoms with Crippen LogP contribution in [0.2, 0.25) is 0 Å². The van der Waals surface area contributed by atoms with Gasteiger partial charge in [-0.15, -0.1) is 0 Å². The van der Waals surface area contributed by atoms with Crippen LogP contribution < -0.4 is 26.4 Å². The highest BCUT2D eigenvalue weighted by molar-refractivity contribution is 5.90. The Labute approximate surface area is 139 Å². The van der Waals surface area contributed by atoms with Crippen LogP contribution >= 0.6 is 0 Å². The summed E-state index contributed by atoms with van der Waals surface area (Å²) in [6.45, 7) is 0.714. The van der Waals surface area contributed by atoms with Crippen molar-refractivity contribution >= 4 is 23.5 Å². The molecule has 2 rings (SSSR count). The summed E-state index contributed by atoms with van der Waals surface area (Å²) in [5.74, 6) is -0.650. The lowest BCUT2D eigenvalue weighted by Gasteiger charge is -2.27. The molecule has 1 aromatic rings. The van der Waals surface area contributed by atoms with Crippen molar-refractivity contribution in [2.45, 2.75) is 18.9 Å². The Kier molecular flexibility index (Phi) is 5.96. The molecule has 24 heavy (non-hydrogen) atoms. The second kappa shape index (κ2) is 8.16. The predicted molar refractivity (Wildman–Crippen MR) is 88.1 cm³/mol. The Balaban J connectivity index is 1.94. The molecule has 1 heterocycles. The second-order valence-electron chi connectivity index (χ2n) is 5.36. The molecule has 7 N–H and O–H groups in total. The minimum Gasteiger partial charge on any atom is -0.493 e. The van der Waals surface area contributed by atoms with E-state index in [0.29, 0.717) is 18.7 Å². The van der Waals surface area contributed by atoms with Gasteiger partial charge in [0.25, 0.3) is 0 Å². The molecule has 0 fully saturated rings. The summed E-state index contributed by atoms with van der Waals surface area (Å²) in [6, 6.07) is 5.31. The molecule has 1 aromatic carbocycles. The molecule has 130 valence electrons. The molecular formula is C15H21N5O4. The Morgan fingerprint density at radius 1 is 1.42 bits per heavy atom. The van der Waals surface area contributed by atoms with Gasteiger partial charge in [0.15, 0.2) is 5.96 Å². The highest BCUT2D eigenvalue weighted by Crippen LogP contribution is 2.33. The van der Waals surface area contributed by atoms with Gasteiger partial charge in [-0.2, -0.15) is 0 Å². The molecule has 1 aliphatic rings. The molecule has 0 bridgehead atoms. The first-order chi connectivity index (χ1) is 11.5. The minimum atomic E-state index is -0.952. The predicted octanol–water partition coefficient (Wildman–Crippen LogP) is -0.00393. The van der Waals surface area contributed by atoms with Gasteiger partial charge in [0.2, 0.25) is 5.91 Å². The standard InChI is InChI=1S/C15H21N5O4/c16-15(17)20-9-1-2-12-10(7-9)11(4-6-24-12)19-8-13(21)18-5-3-14(22)23/h1-2,7,11,19H,3-6,8H2,(H,18,21)(H,22,23)(H4,16,17,20). The number of carbonyl (C=O) groups excluding carboxylic acids is 1. The van der Waals surface area contributed by atoms with Crippen LogP contribution in [0.3, 0.4) is 0 Å². The van der Waals surface area contributed by atoms with Crippen LogP contribution in [0.4, 0.5) is 5.69 Å². The molecule has 0 spiro atoms. The van der Waals surface area contributed by atoms with Gasteiger partial charge in [-0.05, 0) is 18.2 Å². The minimum absolute atomic E-state index is 0.0762. The van der Waals surface area contributed by atoms with E-state index < -0.39 is 5.97 Å². The Hall–Kier alpha value is -2.81.